The maximum Gasteiger partial charge on any atom is 0.212 e. The Hall–Kier alpha value is -2.55. The quantitative estimate of drug-likeness (QED) is 0.664. The van der Waals surface area contributed by atoms with Crippen LogP contribution in [0.5, 0.6) is 0 Å². The molecule has 3 rings (SSSR count). The first kappa shape index (κ1) is 12.5. The maximum absolute atomic E-state index is 12.4. The minimum atomic E-state index is -0.0980. The highest BCUT2D eigenvalue weighted by atomic mass is 16.1. The molecular formula is C17H14N2O. The predicted molar refractivity (Wildman–Crippen MR) is 78.9 cm³/mol. The van der Waals surface area contributed by atoms with Gasteiger partial charge in [0.15, 0.2) is 0 Å². The van der Waals surface area contributed by atoms with Crippen molar-refractivity contribution in [2.75, 3.05) is 0 Å². The van der Waals surface area contributed by atoms with E-state index < -0.39 is 0 Å². The van der Waals surface area contributed by atoms with E-state index in [2.05, 4.69) is 16.0 Å². The van der Waals surface area contributed by atoms with E-state index in [1.165, 1.54) is 5.56 Å². The molecule has 0 spiro atoms. The van der Waals surface area contributed by atoms with Crippen LogP contribution in [0.4, 0.5) is 0 Å². The lowest BCUT2D eigenvalue weighted by Gasteiger charge is -2.06. The van der Waals surface area contributed by atoms with Crippen molar-refractivity contribution in [1.29, 1.82) is 0 Å². The van der Waals surface area contributed by atoms with Gasteiger partial charge in [-0.3, -0.25) is 14.8 Å². The lowest BCUT2D eigenvalue weighted by atomic mass is 10.0. The van der Waals surface area contributed by atoms with Crippen LogP contribution in [0.25, 0.3) is 10.9 Å². The molecule has 0 amide bonds. The molecule has 2 heterocycles. The van der Waals surface area contributed by atoms with E-state index in [-0.39, 0.29) is 5.78 Å². The Morgan fingerprint density at radius 1 is 1.05 bits per heavy atom. The van der Waals surface area contributed by atoms with Crippen molar-refractivity contribution >= 4 is 16.7 Å². The Morgan fingerprint density at radius 2 is 1.90 bits per heavy atom. The third-order valence-electron chi connectivity index (χ3n) is 3.28. The molecule has 0 unspecified atom stereocenters. The molecule has 2 aromatic heterocycles. The monoisotopic (exact) mass is 262 g/mol. The molecule has 0 saturated carbocycles. The molecule has 1 aromatic carbocycles. The minimum absolute atomic E-state index is 0.0980. The second kappa shape index (κ2) is 4.85. The second-order valence-corrected chi connectivity index (χ2v) is 4.92. The van der Waals surface area contributed by atoms with Gasteiger partial charge in [-0.1, -0.05) is 17.7 Å². The molecule has 0 saturated heterocycles. The van der Waals surface area contributed by atoms with E-state index in [4.69, 9.17) is 0 Å². The molecule has 3 heteroatoms. The van der Waals surface area contributed by atoms with Gasteiger partial charge in [0.25, 0.3) is 0 Å². The van der Waals surface area contributed by atoms with E-state index in [9.17, 15) is 4.79 Å². The van der Waals surface area contributed by atoms with Gasteiger partial charge in [-0.2, -0.15) is 0 Å². The van der Waals surface area contributed by atoms with E-state index in [1.807, 2.05) is 32.0 Å². The van der Waals surface area contributed by atoms with Crippen molar-refractivity contribution < 1.29 is 4.79 Å². The number of aryl methyl sites for hydroxylation is 2. The molecule has 3 aromatic rings. The van der Waals surface area contributed by atoms with Crippen molar-refractivity contribution in [3.63, 3.8) is 0 Å². The summed E-state index contributed by atoms with van der Waals surface area (Å²) < 4.78 is 0. The zero-order valence-electron chi connectivity index (χ0n) is 11.4. The lowest BCUT2D eigenvalue weighted by molar-refractivity contribution is 0.103. The van der Waals surface area contributed by atoms with Gasteiger partial charge in [0.05, 0.1) is 5.52 Å². The van der Waals surface area contributed by atoms with Crippen LogP contribution in [0, 0.1) is 13.8 Å². The molecule has 0 atom stereocenters. The average molecular weight is 262 g/mol. The highest BCUT2D eigenvalue weighted by Crippen LogP contribution is 2.20. The van der Waals surface area contributed by atoms with Gasteiger partial charge in [0.1, 0.15) is 5.69 Å². The number of hydrogen-bond acceptors (Lipinski definition) is 3. The smallest absolute Gasteiger partial charge is 0.212 e. The van der Waals surface area contributed by atoms with Crippen LogP contribution in [-0.4, -0.2) is 15.8 Å². The fraction of sp³-hybridized carbons (Fsp3) is 0.118. The van der Waals surface area contributed by atoms with Crippen molar-refractivity contribution in [2.45, 2.75) is 13.8 Å². The molecule has 20 heavy (non-hydrogen) atoms. The maximum atomic E-state index is 12.4. The van der Waals surface area contributed by atoms with Gasteiger partial charge in [-0.05, 0) is 43.7 Å². The van der Waals surface area contributed by atoms with E-state index in [0.717, 1.165) is 16.5 Å². The zero-order chi connectivity index (χ0) is 14.1. The van der Waals surface area contributed by atoms with Gasteiger partial charge in [-0.15, -0.1) is 0 Å². The first-order valence-corrected chi connectivity index (χ1v) is 6.48. The Kier molecular flexibility index (Phi) is 3.03. The number of rotatable bonds is 2. The van der Waals surface area contributed by atoms with Crippen LogP contribution < -0.4 is 0 Å². The van der Waals surface area contributed by atoms with Gasteiger partial charge in [0.2, 0.25) is 5.78 Å². The van der Waals surface area contributed by atoms with Crippen LogP contribution in [0.2, 0.25) is 0 Å². The predicted octanol–water partition coefficient (Wildman–Crippen LogP) is 3.48. The molecule has 98 valence electrons. The van der Waals surface area contributed by atoms with Gasteiger partial charge in [-0.25, -0.2) is 0 Å². The van der Waals surface area contributed by atoms with Crippen LogP contribution in [-0.2, 0) is 0 Å². The van der Waals surface area contributed by atoms with E-state index in [0.29, 0.717) is 11.3 Å². The number of pyridine rings is 2. The molecule has 0 aliphatic carbocycles. The number of nitrogens with zero attached hydrogens (tertiary/aromatic N) is 2. The highest BCUT2D eigenvalue weighted by Gasteiger charge is 2.11. The Bertz CT molecular complexity index is 795. The summed E-state index contributed by atoms with van der Waals surface area (Å²) in [5, 5.41) is 0.990. The standard InChI is InChI=1S/C17H14N2O/c1-11-7-12(2)16-13(8-11)9-14(10-19-16)17(20)15-5-3-4-6-18-15/h3-10H,1-2H3. The van der Waals surface area contributed by atoms with Crippen LogP contribution in [0.15, 0.2) is 48.8 Å². The van der Waals surface area contributed by atoms with Crippen LogP contribution in [0.3, 0.4) is 0 Å². The van der Waals surface area contributed by atoms with Crippen molar-refractivity contribution in [3.05, 3.63) is 71.2 Å². The number of carbonyl (C=O) groups is 1. The summed E-state index contributed by atoms with van der Waals surface area (Å²) >= 11 is 0. The SMILES string of the molecule is Cc1cc(C)c2ncc(C(=O)c3ccccn3)cc2c1. The van der Waals surface area contributed by atoms with Crippen molar-refractivity contribution in [2.24, 2.45) is 0 Å². The molecule has 0 N–H and O–H groups in total. The normalized spacial score (nSPS) is 10.7. The average Bonchev–Trinajstić information content (AvgIpc) is 2.46. The molecule has 0 radical (unpaired) electrons. The second-order valence-electron chi connectivity index (χ2n) is 4.92. The Balaban J connectivity index is 2.12. The number of ketones is 1. The molecule has 0 aliphatic heterocycles. The lowest BCUT2D eigenvalue weighted by Crippen LogP contribution is -2.04. The largest absolute Gasteiger partial charge is 0.287 e. The summed E-state index contributed by atoms with van der Waals surface area (Å²) in [6.45, 7) is 4.07. The minimum Gasteiger partial charge on any atom is -0.287 e. The zero-order valence-corrected chi connectivity index (χ0v) is 11.4. The fourth-order valence-electron chi connectivity index (χ4n) is 2.39. The Morgan fingerprint density at radius 3 is 2.65 bits per heavy atom. The Labute approximate surface area is 117 Å². The number of benzene rings is 1. The third kappa shape index (κ3) is 2.18. The van der Waals surface area contributed by atoms with E-state index in [1.54, 1.807) is 24.5 Å². The molecule has 0 bridgehead atoms. The number of hydrogen-bond donors (Lipinski definition) is 0. The third-order valence-corrected chi connectivity index (χ3v) is 3.28. The van der Waals surface area contributed by atoms with Crippen LogP contribution >= 0.6 is 0 Å². The number of carbonyl (C=O) groups excluding carboxylic acids is 1. The van der Waals surface area contributed by atoms with Crippen molar-refractivity contribution in [1.82, 2.24) is 9.97 Å². The van der Waals surface area contributed by atoms with Gasteiger partial charge >= 0.3 is 0 Å². The van der Waals surface area contributed by atoms with Gasteiger partial charge in [0, 0.05) is 23.3 Å². The summed E-state index contributed by atoms with van der Waals surface area (Å²) in [5.74, 6) is -0.0980. The first-order chi connectivity index (χ1) is 9.65. The van der Waals surface area contributed by atoms with Crippen LogP contribution in [0.1, 0.15) is 27.2 Å². The number of aromatic nitrogens is 2. The summed E-state index contributed by atoms with van der Waals surface area (Å²) in [4.78, 5) is 20.9. The fourth-order valence-corrected chi connectivity index (χ4v) is 2.39. The molecule has 3 nitrogen and oxygen atoms in total. The topological polar surface area (TPSA) is 42.9 Å². The number of fused-ring (bicyclic) bond motifs is 1. The van der Waals surface area contributed by atoms with Gasteiger partial charge < -0.3 is 0 Å². The summed E-state index contributed by atoms with van der Waals surface area (Å²) in [5.41, 5.74) is 4.24. The molecule has 0 aliphatic rings. The summed E-state index contributed by atoms with van der Waals surface area (Å²) in [6, 6.07) is 11.3. The van der Waals surface area contributed by atoms with Crippen molar-refractivity contribution in [3.8, 4) is 0 Å². The first-order valence-electron chi connectivity index (χ1n) is 6.48. The highest BCUT2D eigenvalue weighted by molar-refractivity contribution is 6.09. The summed E-state index contributed by atoms with van der Waals surface area (Å²) in [7, 11) is 0. The molecule has 0 fully saturated rings. The molecular weight excluding hydrogens is 248 g/mol. The van der Waals surface area contributed by atoms with E-state index >= 15 is 0 Å². The summed E-state index contributed by atoms with van der Waals surface area (Å²) in [6.07, 6.45) is 3.25.